The van der Waals surface area contributed by atoms with Crippen molar-refractivity contribution in [2.24, 2.45) is 12.0 Å². The normalized spacial score (nSPS) is 17.6. The fourth-order valence-corrected chi connectivity index (χ4v) is 3.57. The van der Waals surface area contributed by atoms with Crippen molar-refractivity contribution < 1.29 is 4.42 Å². The highest BCUT2D eigenvalue weighted by Gasteiger charge is 2.23. The Balaban J connectivity index is 0.00000341. The number of aliphatic imine (C=N–C) groups is 1. The summed E-state index contributed by atoms with van der Waals surface area (Å²) in [5.41, 5.74) is -0.0600. The van der Waals surface area contributed by atoms with Gasteiger partial charge in [-0.3, -0.25) is 4.90 Å². The fraction of sp³-hybridized carbons (Fsp3) is 0.714. The summed E-state index contributed by atoms with van der Waals surface area (Å²) < 4.78 is 7.86. The fourth-order valence-electron chi connectivity index (χ4n) is 3.57. The van der Waals surface area contributed by atoms with Gasteiger partial charge in [-0.05, 0) is 32.9 Å². The van der Waals surface area contributed by atoms with Crippen LogP contribution in [0, 0.1) is 6.92 Å². The summed E-state index contributed by atoms with van der Waals surface area (Å²) in [7, 11) is 1.96. The first kappa shape index (κ1) is 25.6. The van der Waals surface area contributed by atoms with Crippen molar-refractivity contribution in [3.8, 4) is 0 Å². The van der Waals surface area contributed by atoms with Gasteiger partial charge in [0, 0.05) is 25.0 Å². The average molecular weight is 544 g/mol. The summed E-state index contributed by atoms with van der Waals surface area (Å²) >= 11 is 0. The lowest BCUT2D eigenvalue weighted by atomic mass is 9.94. The number of nitrogens with zero attached hydrogens (tertiary/aromatic N) is 6. The number of oxazole rings is 1. The third-order valence-electron chi connectivity index (χ3n) is 5.67. The molecule has 0 spiro atoms. The zero-order chi connectivity index (χ0) is 21.7. The zero-order valence-electron chi connectivity index (χ0n) is 19.6. The maximum absolute atomic E-state index is 5.91. The molecular weight excluding hydrogens is 507 g/mol. The molecule has 0 amide bonds. The van der Waals surface area contributed by atoms with Crippen LogP contribution in [0.3, 0.4) is 0 Å². The Labute approximate surface area is 202 Å². The SMILES string of the molecule is CCN1CCCC1CNC(=NCc1nnc(C)n1C)NCc1ncc(C(C)(C)C)o1.I. The Morgan fingerprint density at radius 1 is 1.29 bits per heavy atom. The van der Waals surface area contributed by atoms with Gasteiger partial charge in [0.2, 0.25) is 5.89 Å². The lowest BCUT2D eigenvalue weighted by Crippen LogP contribution is -2.44. The minimum absolute atomic E-state index is 0. The third-order valence-corrected chi connectivity index (χ3v) is 5.67. The van der Waals surface area contributed by atoms with Crippen LogP contribution in [0.25, 0.3) is 0 Å². The number of likely N-dealkylation sites (tertiary alicyclic amines) is 1. The number of likely N-dealkylation sites (N-methyl/N-ethyl adjacent to an activating group) is 1. The zero-order valence-corrected chi connectivity index (χ0v) is 21.9. The second-order valence-electron chi connectivity index (χ2n) is 8.91. The summed E-state index contributed by atoms with van der Waals surface area (Å²) in [4.78, 5) is 11.7. The van der Waals surface area contributed by atoms with Crippen LogP contribution in [0.4, 0.5) is 0 Å². The van der Waals surface area contributed by atoms with Gasteiger partial charge in [-0.2, -0.15) is 0 Å². The predicted molar refractivity (Wildman–Crippen MR) is 133 cm³/mol. The molecule has 1 fully saturated rings. The van der Waals surface area contributed by atoms with Crippen LogP contribution >= 0.6 is 24.0 Å². The van der Waals surface area contributed by atoms with Crippen LogP contribution < -0.4 is 10.6 Å². The molecule has 31 heavy (non-hydrogen) atoms. The van der Waals surface area contributed by atoms with E-state index in [2.05, 4.69) is 58.4 Å². The number of aromatic nitrogens is 4. The molecule has 2 aromatic heterocycles. The van der Waals surface area contributed by atoms with Crippen LogP contribution in [0.5, 0.6) is 0 Å². The Hall–Kier alpha value is -1.69. The minimum Gasteiger partial charge on any atom is -0.443 e. The van der Waals surface area contributed by atoms with Gasteiger partial charge in [0.05, 0.1) is 12.7 Å². The lowest BCUT2D eigenvalue weighted by Gasteiger charge is -2.24. The topological polar surface area (TPSA) is 96.4 Å². The number of nitrogens with one attached hydrogen (secondary N) is 2. The van der Waals surface area contributed by atoms with Crippen molar-refractivity contribution in [2.45, 2.75) is 72.0 Å². The quantitative estimate of drug-likeness (QED) is 0.315. The highest BCUT2D eigenvalue weighted by atomic mass is 127. The van der Waals surface area contributed by atoms with Crippen molar-refractivity contribution >= 4 is 29.9 Å². The van der Waals surface area contributed by atoms with Crippen LogP contribution in [-0.4, -0.2) is 56.3 Å². The molecule has 0 aromatic carbocycles. The molecule has 0 radical (unpaired) electrons. The monoisotopic (exact) mass is 544 g/mol. The summed E-state index contributed by atoms with van der Waals surface area (Å²) in [6.45, 7) is 14.5. The van der Waals surface area contributed by atoms with Gasteiger partial charge in [0.1, 0.15) is 18.1 Å². The highest BCUT2D eigenvalue weighted by Crippen LogP contribution is 2.22. The number of aryl methyl sites for hydroxylation is 1. The summed E-state index contributed by atoms with van der Waals surface area (Å²) in [6.07, 6.45) is 4.27. The van der Waals surface area contributed by atoms with Gasteiger partial charge in [-0.1, -0.05) is 27.7 Å². The molecule has 1 atom stereocenters. The molecule has 9 nitrogen and oxygen atoms in total. The smallest absolute Gasteiger partial charge is 0.213 e. The first-order chi connectivity index (χ1) is 14.3. The molecule has 2 N–H and O–H groups in total. The molecular formula is C21H37IN8O. The van der Waals surface area contributed by atoms with E-state index in [9.17, 15) is 0 Å². The molecule has 174 valence electrons. The number of halogens is 1. The molecule has 0 bridgehead atoms. The maximum atomic E-state index is 5.91. The molecule has 0 aliphatic carbocycles. The van der Waals surface area contributed by atoms with E-state index in [4.69, 9.17) is 9.41 Å². The van der Waals surface area contributed by atoms with Crippen LogP contribution in [0.2, 0.25) is 0 Å². The summed E-state index contributed by atoms with van der Waals surface area (Å²) in [5.74, 6) is 3.97. The van der Waals surface area contributed by atoms with E-state index < -0.39 is 0 Å². The number of hydrogen-bond acceptors (Lipinski definition) is 6. The summed E-state index contributed by atoms with van der Waals surface area (Å²) in [6, 6.07) is 0.535. The number of rotatable bonds is 7. The van der Waals surface area contributed by atoms with E-state index in [1.807, 2.05) is 18.5 Å². The Morgan fingerprint density at radius 3 is 2.68 bits per heavy atom. The minimum atomic E-state index is -0.0600. The van der Waals surface area contributed by atoms with E-state index in [-0.39, 0.29) is 29.4 Å². The van der Waals surface area contributed by atoms with Gasteiger partial charge in [-0.15, -0.1) is 34.2 Å². The lowest BCUT2D eigenvalue weighted by molar-refractivity contribution is 0.267. The summed E-state index contributed by atoms with van der Waals surface area (Å²) in [5, 5.41) is 15.2. The van der Waals surface area contributed by atoms with Crippen molar-refractivity contribution in [1.82, 2.24) is 35.3 Å². The first-order valence-corrected chi connectivity index (χ1v) is 10.8. The Morgan fingerprint density at radius 2 is 2.06 bits per heavy atom. The Bertz CT molecular complexity index is 854. The first-order valence-electron chi connectivity index (χ1n) is 10.8. The van der Waals surface area contributed by atoms with Crippen LogP contribution in [0.15, 0.2) is 15.6 Å². The molecule has 1 aliphatic heterocycles. The molecule has 1 unspecified atom stereocenters. The largest absolute Gasteiger partial charge is 0.443 e. The average Bonchev–Trinajstić information content (AvgIpc) is 3.43. The highest BCUT2D eigenvalue weighted by molar-refractivity contribution is 14.0. The second-order valence-corrected chi connectivity index (χ2v) is 8.91. The van der Waals surface area contributed by atoms with Gasteiger partial charge in [-0.25, -0.2) is 9.98 Å². The van der Waals surface area contributed by atoms with E-state index in [0.717, 1.165) is 36.5 Å². The molecule has 1 saturated heterocycles. The van der Waals surface area contributed by atoms with Crippen molar-refractivity contribution in [2.75, 3.05) is 19.6 Å². The standard InChI is InChI=1S/C21H36N8O.HI/c1-7-29-10-8-9-16(29)11-23-20(24-13-18-27-26-15(2)28(18)6)25-14-19-22-12-17(30-19)21(3,4)5;/h12,16H,7-11,13-14H2,1-6H3,(H2,23,24,25);1H. The van der Waals surface area contributed by atoms with Crippen LogP contribution in [0.1, 0.15) is 63.8 Å². The van der Waals surface area contributed by atoms with E-state index in [0.29, 0.717) is 25.0 Å². The molecule has 2 aromatic rings. The maximum Gasteiger partial charge on any atom is 0.213 e. The molecule has 3 heterocycles. The van der Waals surface area contributed by atoms with Crippen molar-refractivity contribution in [1.29, 1.82) is 0 Å². The predicted octanol–water partition coefficient (Wildman–Crippen LogP) is 2.75. The van der Waals surface area contributed by atoms with E-state index >= 15 is 0 Å². The van der Waals surface area contributed by atoms with Gasteiger partial charge in [0.15, 0.2) is 11.8 Å². The van der Waals surface area contributed by atoms with Gasteiger partial charge >= 0.3 is 0 Å². The third kappa shape index (κ3) is 6.90. The van der Waals surface area contributed by atoms with Gasteiger partial charge in [0.25, 0.3) is 0 Å². The number of guanidine groups is 1. The van der Waals surface area contributed by atoms with Crippen LogP contribution in [-0.2, 0) is 25.6 Å². The van der Waals surface area contributed by atoms with E-state index in [1.165, 1.54) is 19.4 Å². The Kier molecular flexibility index (Phi) is 9.28. The molecule has 10 heteroatoms. The number of hydrogen-bond donors (Lipinski definition) is 2. The van der Waals surface area contributed by atoms with Gasteiger partial charge < -0.3 is 19.6 Å². The van der Waals surface area contributed by atoms with Crippen molar-refractivity contribution in [3.05, 3.63) is 29.5 Å². The molecule has 1 aliphatic rings. The van der Waals surface area contributed by atoms with E-state index in [1.54, 1.807) is 6.20 Å². The van der Waals surface area contributed by atoms with Crippen molar-refractivity contribution in [3.63, 3.8) is 0 Å². The molecule has 0 saturated carbocycles. The molecule has 3 rings (SSSR count). The second kappa shape index (κ2) is 11.3.